The van der Waals surface area contributed by atoms with Gasteiger partial charge in [-0.25, -0.2) is 4.68 Å². The van der Waals surface area contributed by atoms with E-state index in [4.69, 9.17) is 9.47 Å². The van der Waals surface area contributed by atoms with Gasteiger partial charge >= 0.3 is 6.18 Å². The van der Waals surface area contributed by atoms with E-state index in [1.54, 1.807) is 47.4 Å². The molecule has 0 radical (unpaired) electrons. The Kier molecular flexibility index (Phi) is 6.18. The topological polar surface area (TPSA) is 65.4 Å². The minimum atomic E-state index is -4.55. The van der Waals surface area contributed by atoms with Crippen LogP contribution >= 0.6 is 0 Å². The smallest absolute Gasteiger partial charge is 0.416 e. The molecule has 0 atom stereocenters. The molecule has 1 heterocycles. The van der Waals surface area contributed by atoms with Crippen LogP contribution in [0.25, 0.3) is 5.69 Å². The Morgan fingerprint density at radius 3 is 2.52 bits per heavy atom. The minimum Gasteiger partial charge on any atom is -0.489 e. The molecule has 152 valence electrons. The molecule has 3 rings (SSSR count). The second-order valence-electron chi connectivity index (χ2n) is 6.00. The maximum Gasteiger partial charge on any atom is 0.416 e. The third kappa shape index (κ3) is 5.14. The number of hydrogen-bond acceptors (Lipinski definition) is 4. The Hall–Kier alpha value is -3.33. The summed E-state index contributed by atoms with van der Waals surface area (Å²) in [5.41, 5.74) is 0.0633. The fourth-order valence-corrected chi connectivity index (χ4v) is 2.55. The highest BCUT2D eigenvalue weighted by atomic mass is 19.4. The number of halogens is 3. The summed E-state index contributed by atoms with van der Waals surface area (Å²) in [4.78, 5) is 12.6. The molecule has 1 aromatic heterocycles. The van der Waals surface area contributed by atoms with Crippen LogP contribution in [0.2, 0.25) is 0 Å². The van der Waals surface area contributed by atoms with Gasteiger partial charge in [0.1, 0.15) is 12.4 Å². The molecular formula is C20H18F3N3O3. The number of nitrogens with zero attached hydrogens (tertiary/aromatic N) is 2. The zero-order valence-electron chi connectivity index (χ0n) is 15.4. The maximum absolute atomic E-state index is 13.1. The van der Waals surface area contributed by atoms with Gasteiger partial charge in [0.2, 0.25) is 0 Å². The van der Waals surface area contributed by atoms with Crippen molar-refractivity contribution in [2.45, 2.75) is 6.18 Å². The number of amides is 1. The molecule has 0 saturated heterocycles. The lowest BCUT2D eigenvalue weighted by Crippen LogP contribution is -2.15. The maximum atomic E-state index is 13.1. The zero-order chi connectivity index (χ0) is 20.9. The number of aromatic nitrogens is 2. The minimum absolute atomic E-state index is 0.0721. The van der Waals surface area contributed by atoms with Crippen LogP contribution in [0.1, 0.15) is 15.9 Å². The number of anilines is 1. The van der Waals surface area contributed by atoms with Gasteiger partial charge in [-0.2, -0.15) is 18.3 Å². The van der Waals surface area contributed by atoms with E-state index in [0.29, 0.717) is 0 Å². The van der Waals surface area contributed by atoms with E-state index < -0.39 is 17.6 Å². The molecule has 1 amide bonds. The second kappa shape index (κ2) is 8.78. The van der Waals surface area contributed by atoms with Crippen molar-refractivity contribution in [3.8, 4) is 11.4 Å². The van der Waals surface area contributed by atoms with Crippen LogP contribution in [0.5, 0.6) is 5.75 Å². The lowest BCUT2D eigenvalue weighted by atomic mass is 10.1. The molecule has 0 spiro atoms. The molecule has 0 aliphatic rings. The molecular weight excluding hydrogens is 387 g/mol. The number of benzene rings is 2. The van der Waals surface area contributed by atoms with E-state index >= 15 is 0 Å². The monoisotopic (exact) mass is 405 g/mol. The lowest BCUT2D eigenvalue weighted by Gasteiger charge is -2.15. The van der Waals surface area contributed by atoms with Gasteiger partial charge in [-0.1, -0.05) is 0 Å². The van der Waals surface area contributed by atoms with E-state index in [0.717, 1.165) is 17.8 Å². The predicted molar refractivity (Wildman–Crippen MR) is 100 cm³/mol. The SMILES string of the molecule is COCCOc1ccc(C(F)(F)F)cc1NC(=O)c1ccc(-n2cccn2)cc1. The second-order valence-corrected chi connectivity index (χ2v) is 6.00. The Morgan fingerprint density at radius 2 is 1.90 bits per heavy atom. The van der Waals surface area contributed by atoms with Gasteiger partial charge in [0.25, 0.3) is 5.91 Å². The molecule has 0 saturated carbocycles. The Balaban J connectivity index is 1.81. The van der Waals surface area contributed by atoms with Gasteiger partial charge in [0, 0.05) is 25.1 Å². The summed E-state index contributed by atoms with van der Waals surface area (Å²) in [6.07, 6.45) is -1.17. The van der Waals surface area contributed by atoms with Crippen LogP contribution in [-0.2, 0) is 10.9 Å². The highest BCUT2D eigenvalue weighted by Gasteiger charge is 2.31. The highest BCUT2D eigenvalue weighted by Crippen LogP contribution is 2.35. The van der Waals surface area contributed by atoms with Crippen LogP contribution in [0.15, 0.2) is 60.9 Å². The first-order chi connectivity index (χ1) is 13.9. The van der Waals surface area contributed by atoms with Crippen molar-refractivity contribution in [2.24, 2.45) is 0 Å². The summed E-state index contributed by atoms with van der Waals surface area (Å²) in [6, 6.07) is 11.2. The summed E-state index contributed by atoms with van der Waals surface area (Å²) in [7, 11) is 1.48. The summed E-state index contributed by atoms with van der Waals surface area (Å²) < 4.78 is 51.1. The molecule has 29 heavy (non-hydrogen) atoms. The third-order valence-corrected chi connectivity index (χ3v) is 4.00. The molecule has 6 nitrogen and oxygen atoms in total. The number of alkyl halides is 3. The molecule has 0 unspecified atom stereocenters. The van der Waals surface area contributed by atoms with E-state index in [9.17, 15) is 18.0 Å². The van der Waals surface area contributed by atoms with Crippen molar-refractivity contribution < 1.29 is 27.4 Å². The highest BCUT2D eigenvalue weighted by molar-refractivity contribution is 6.05. The first-order valence-electron chi connectivity index (χ1n) is 8.63. The van der Waals surface area contributed by atoms with Crippen molar-refractivity contribution in [2.75, 3.05) is 25.6 Å². The van der Waals surface area contributed by atoms with Crippen molar-refractivity contribution in [1.82, 2.24) is 9.78 Å². The first-order valence-corrected chi connectivity index (χ1v) is 8.63. The van der Waals surface area contributed by atoms with E-state index in [1.165, 1.54) is 13.2 Å². The largest absolute Gasteiger partial charge is 0.489 e. The standard InChI is InChI=1S/C20H18F3N3O3/c1-28-11-12-29-18-8-5-15(20(21,22)23)13-17(18)25-19(27)14-3-6-16(7-4-14)26-10-2-9-24-26/h2-10,13H,11-12H2,1H3,(H,25,27). The number of methoxy groups -OCH3 is 1. The van der Waals surface area contributed by atoms with Crippen molar-refractivity contribution in [1.29, 1.82) is 0 Å². The number of hydrogen-bond donors (Lipinski definition) is 1. The zero-order valence-corrected chi connectivity index (χ0v) is 15.4. The Morgan fingerprint density at radius 1 is 1.14 bits per heavy atom. The average Bonchev–Trinajstić information content (AvgIpc) is 3.23. The Bertz CT molecular complexity index is 955. The van der Waals surface area contributed by atoms with E-state index in [-0.39, 0.29) is 30.2 Å². The van der Waals surface area contributed by atoms with Crippen LogP contribution in [0, 0.1) is 0 Å². The summed E-state index contributed by atoms with van der Waals surface area (Å²) >= 11 is 0. The van der Waals surface area contributed by atoms with Gasteiger partial charge in [0.15, 0.2) is 0 Å². The number of nitrogens with one attached hydrogen (secondary N) is 1. The summed E-state index contributed by atoms with van der Waals surface area (Å²) in [5, 5.41) is 6.58. The lowest BCUT2D eigenvalue weighted by molar-refractivity contribution is -0.137. The fraction of sp³-hybridized carbons (Fsp3) is 0.200. The van der Waals surface area contributed by atoms with Crippen LogP contribution in [0.4, 0.5) is 18.9 Å². The molecule has 9 heteroatoms. The van der Waals surface area contributed by atoms with Gasteiger partial charge < -0.3 is 14.8 Å². The van der Waals surface area contributed by atoms with Gasteiger partial charge in [-0.15, -0.1) is 0 Å². The van der Waals surface area contributed by atoms with E-state index in [1.807, 2.05) is 0 Å². The van der Waals surface area contributed by atoms with Gasteiger partial charge in [-0.05, 0) is 48.5 Å². The number of carbonyl (C=O) groups excluding carboxylic acids is 1. The van der Waals surface area contributed by atoms with Crippen LogP contribution < -0.4 is 10.1 Å². The molecule has 0 bridgehead atoms. The van der Waals surface area contributed by atoms with Gasteiger partial charge in [-0.3, -0.25) is 4.79 Å². The van der Waals surface area contributed by atoms with Crippen LogP contribution in [-0.4, -0.2) is 36.0 Å². The van der Waals surface area contributed by atoms with Crippen LogP contribution in [0.3, 0.4) is 0 Å². The number of carbonyl (C=O) groups is 1. The fourth-order valence-electron chi connectivity index (χ4n) is 2.55. The molecule has 2 aromatic carbocycles. The van der Waals surface area contributed by atoms with Crippen molar-refractivity contribution >= 4 is 11.6 Å². The third-order valence-electron chi connectivity index (χ3n) is 4.00. The van der Waals surface area contributed by atoms with Crippen molar-refractivity contribution in [3.63, 3.8) is 0 Å². The van der Waals surface area contributed by atoms with E-state index in [2.05, 4.69) is 10.4 Å². The summed E-state index contributed by atoms with van der Waals surface area (Å²) in [5.74, 6) is -0.440. The molecule has 3 aromatic rings. The Labute approximate surface area is 164 Å². The molecule has 0 aliphatic heterocycles. The molecule has 1 N–H and O–H groups in total. The summed E-state index contributed by atoms with van der Waals surface area (Å²) in [6.45, 7) is 0.382. The normalized spacial score (nSPS) is 11.3. The predicted octanol–water partition coefficient (Wildman–Crippen LogP) is 4.17. The quantitative estimate of drug-likeness (QED) is 0.600. The molecule has 0 aliphatic carbocycles. The van der Waals surface area contributed by atoms with Gasteiger partial charge in [0.05, 0.1) is 23.5 Å². The number of ether oxygens (including phenoxy) is 2. The first kappa shape index (κ1) is 20.4. The average molecular weight is 405 g/mol. The molecule has 0 fully saturated rings. The number of rotatable bonds is 7. The van der Waals surface area contributed by atoms with Crippen molar-refractivity contribution in [3.05, 3.63) is 72.1 Å².